The number of nitrogens with two attached hydrogens (primary N) is 1. The molecule has 0 atom stereocenters. The maximum atomic E-state index is 13.5. The smallest absolute Gasteiger partial charge is 0.246 e. The van der Waals surface area contributed by atoms with Crippen molar-refractivity contribution < 1.29 is 27.4 Å². The lowest BCUT2D eigenvalue weighted by molar-refractivity contribution is -0.114. The van der Waals surface area contributed by atoms with Crippen LogP contribution in [-0.2, 0) is 11.2 Å². The van der Waals surface area contributed by atoms with Crippen LogP contribution in [0.3, 0.4) is 0 Å². The van der Waals surface area contributed by atoms with Crippen LogP contribution in [0.15, 0.2) is 35.3 Å². The quantitative estimate of drug-likeness (QED) is 0.352. The second-order valence-electron chi connectivity index (χ2n) is 5.84. The molecule has 0 fully saturated rings. The van der Waals surface area contributed by atoms with Crippen LogP contribution in [0, 0.1) is 17.5 Å². The molecule has 29 heavy (non-hydrogen) atoms. The minimum Gasteiger partial charge on any atom is -0.493 e. The Bertz CT molecular complexity index is 907. The Hall–Kier alpha value is -3.43. The highest BCUT2D eigenvalue weighted by Crippen LogP contribution is 2.27. The second kappa shape index (κ2) is 10.2. The summed E-state index contributed by atoms with van der Waals surface area (Å²) < 4.78 is 50.0. The van der Waals surface area contributed by atoms with Gasteiger partial charge in [0.05, 0.1) is 19.9 Å². The molecule has 2 rings (SSSR count). The number of aliphatic imine (C=N–C) groups is 1. The van der Waals surface area contributed by atoms with Gasteiger partial charge in [0.1, 0.15) is 6.54 Å². The van der Waals surface area contributed by atoms with Crippen molar-refractivity contribution in [2.45, 2.75) is 6.42 Å². The molecule has 10 heteroatoms. The summed E-state index contributed by atoms with van der Waals surface area (Å²) in [4.78, 5) is 15.6. The average Bonchev–Trinajstić information content (AvgIpc) is 2.72. The van der Waals surface area contributed by atoms with Crippen LogP contribution in [0.1, 0.15) is 5.56 Å². The largest absolute Gasteiger partial charge is 0.493 e. The van der Waals surface area contributed by atoms with Crippen LogP contribution in [0.25, 0.3) is 0 Å². The van der Waals surface area contributed by atoms with E-state index in [4.69, 9.17) is 15.2 Å². The third-order valence-corrected chi connectivity index (χ3v) is 3.87. The highest BCUT2D eigenvalue weighted by molar-refractivity contribution is 5.94. The van der Waals surface area contributed by atoms with Crippen molar-refractivity contribution in [2.75, 3.05) is 32.6 Å². The molecule has 0 spiro atoms. The van der Waals surface area contributed by atoms with Gasteiger partial charge in [0.25, 0.3) is 0 Å². The fourth-order valence-corrected chi connectivity index (χ4v) is 2.40. The first-order chi connectivity index (χ1) is 13.8. The molecule has 0 aliphatic rings. The van der Waals surface area contributed by atoms with E-state index >= 15 is 0 Å². The first-order valence-electron chi connectivity index (χ1n) is 8.53. The van der Waals surface area contributed by atoms with Gasteiger partial charge in [-0.05, 0) is 36.2 Å². The van der Waals surface area contributed by atoms with E-state index in [9.17, 15) is 18.0 Å². The molecule has 2 aromatic carbocycles. The van der Waals surface area contributed by atoms with Gasteiger partial charge in [-0.2, -0.15) is 0 Å². The van der Waals surface area contributed by atoms with Crippen LogP contribution in [0.2, 0.25) is 0 Å². The summed E-state index contributed by atoms with van der Waals surface area (Å²) in [7, 11) is 3.09. The van der Waals surface area contributed by atoms with Gasteiger partial charge in [-0.15, -0.1) is 0 Å². The summed E-state index contributed by atoms with van der Waals surface area (Å²) in [6.07, 6.45) is 0.600. The Morgan fingerprint density at radius 2 is 1.79 bits per heavy atom. The molecule has 7 nitrogen and oxygen atoms in total. The fourth-order valence-electron chi connectivity index (χ4n) is 2.40. The van der Waals surface area contributed by atoms with Crippen LogP contribution >= 0.6 is 0 Å². The maximum Gasteiger partial charge on any atom is 0.246 e. The molecule has 0 aliphatic heterocycles. The first kappa shape index (κ1) is 21.9. The van der Waals surface area contributed by atoms with Crippen molar-refractivity contribution >= 4 is 17.6 Å². The number of nitrogens with one attached hydrogen (secondary N) is 2. The Labute approximate surface area is 165 Å². The average molecular weight is 410 g/mol. The fraction of sp³-hybridized carbons (Fsp3) is 0.263. The zero-order valence-corrected chi connectivity index (χ0v) is 15.9. The predicted octanol–water partition coefficient (Wildman–Crippen LogP) is 2.21. The lowest BCUT2D eigenvalue weighted by Crippen LogP contribution is -2.34. The highest BCUT2D eigenvalue weighted by Gasteiger charge is 2.15. The van der Waals surface area contributed by atoms with E-state index in [2.05, 4.69) is 15.6 Å². The second-order valence-corrected chi connectivity index (χ2v) is 5.84. The number of amides is 1. The molecule has 0 bridgehead atoms. The van der Waals surface area contributed by atoms with Gasteiger partial charge in [-0.1, -0.05) is 6.07 Å². The highest BCUT2D eigenvalue weighted by atomic mass is 19.2. The number of anilines is 1. The van der Waals surface area contributed by atoms with E-state index < -0.39 is 35.6 Å². The molecule has 0 saturated carbocycles. The van der Waals surface area contributed by atoms with Crippen LogP contribution in [-0.4, -0.2) is 39.2 Å². The van der Waals surface area contributed by atoms with Gasteiger partial charge < -0.3 is 25.8 Å². The number of guanidine groups is 1. The van der Waals surface area contributed by atoms with Crippen molar-refractivity contribution in [3.05, 3.63) is 53.3 Å². The number of carbonyl (C=O) groups is 1. The number of halogens is 3. The van der Waals surface area contributed by atoms with Gasteiger partial charge >= 0.3 is 0 Å². The summed E-state index contributed by atoms with van der Waals surface area (Å²) in [5.74, 6) is -4.00. The normalized spacial score (nSPS) is 11.1. The minimum absolute atomic E-state index is 0.00591. The number of ether oxygens (including phenoxy) is 2. The summed E-state index contributed by atoms with van der Waals surface area (Å²) in [6, 6.07) is 7.12. The molecule has 0 unspecified atom stereocenters. The molecule has 4 N–H and O–H groups in total. The molecule has 0 aliphatic carbocycles. The molecular weight excluding hydrogens is 389 g/mol. The number of carbonyl (C=O) groups excluding carboxylic acids is 1. The molecule has 2 aromatic rings. The zero-order valence-electron chi connectivity index (χ0n) is 15.9. The van der Waals surface area contributed by atoms with Gasteiger partial charge in [0.15, 0.2) is 34.9 Å². The SMILES string of the molecule is COc1ccc(CCNC(N)=NCC(=O)Nc2ccc(F)c(F)c2F)cc1OC. The lowest BCUT2D eigenvalue weighted by Gasteiger charge is -2.10. The van der Waals surface area contributed by atoms with Crippen molar-refractivity contribution in [1.82, 2.24) is 5.32 Å². The number of hydrogen-bond acceptors (Lipinski definition) is 4. The van der Waals surface area contributed by atoms with E-state index in [0.717, 1.165) is 11.6 Å². The van der Waals surface area contributed by atoms with E-state index in [0.29, 0.717) is 30.5 Å². The third kappa shape index (κ3) is 6.03. The third-order valence-electron chi connectivity index (χ3n) is 3.87. The Morgan fingerprint density at radius 1 is 1.07 bits per heavy atom. The van der Waals surface area contributed by atoms with Crippen LogP contribution in [0.4, 0.5) is 18.9 Å². The number of hydrogen-bond donors (Lipinski definition) is 3. The summed E-state index contributed by atoms with van der Waals surface area (Å²) in [6.45, 7) is 0.0118. The topological polar surface area (TPSA) is 98.0 Å². The maximum absolute atomic E-state index is 13.5. The van der Waals surface area contributed by atoms with E-state index in [1.165, 1.54) is 0 Å². The van der Waals surface area contributed by atoms with Gasteiger partial charge in [-0.3, -0.25) is 4.79 Å². The molecule has 0 saturated heterocycles. The number of benzene rings is 2. The van der Waals surface area contributed by atoms with Crippen LogP contribution in [0.5, 0.6) is 11.5 Å². The molecule has 0 heterocycles. The standard InChI is InChI=1S/C19H21F3N4O3/c1-28-14-6-3-11(9-15(14)29-2)7-8-24-19(23)25-10-16(27)26-13-5-4-12(20)17(21)18(13)22/h3-6,9H,7-8,10H2,1-2H3,(H,26,27)(H3,23,24,25). The Balaban J connectivity index is 1.83. The van der Waals surface area contributed by atoms with Crippen LogP contribution < -0.4 is 25.8 Å². The van der Waals surface area contributed by atoms with Gasteiger partial charge in [-0.25, -0.2) is 18.2 Å². The predicted molar refractivity (Wildman–Crippen MR) is 103 cm³/mol. The first-order valence-corrected chi connectivity index (χ1v) is 8.53. The van der Waals surface area contributed by atoms with E-state index in [1.54, 1.807) is 20.3 Å². The van der Waals surface area contributed by atoms with Crippen molar-refractivity contribution in [3.8, 4) is 11.5 Å². The number of nitrogens with zero attached hydrogens (tertiary/aromatic N) is 1. The molecular formula is C19H21F3N4O3. The zero-order chi connectivity index (χ0) is 21.4. The number of methoxy groups -OCH3 is 2. The monoisotopic (exact) mass is 410 g/mol. The van der Waals surface area contributed by atoms with Gasteiger partial charge in [0.2, 0.25) is 5.91 Å². The summed E-state index contributed by atoms with van der Waals surface area (Å²) >= 11 is 0. The van der Waals surface area contributed by atoms with Crippen molar-refractivity contribution in [3.63, 3.8) is 0 Å². The van der Waals surface area contributed by atoms with E-state index in [-0.39, 0.29) is 5.96 Å². The van der Waals surface area contributed by atoms with Crippen molar-refractivity contribution in [1.29, 1.82) is 0 Å². The molecule has 156 valence electrons. The van der Waals surface area contributed by atoms with Crippen molar-refractivity contribution in [2.24, 2.45) is 10.7 Å². The lowest BCUT2D eigenvalue weighted by atomic mass is 10.1. The molecule has 0 aromatic heterocycles. The minimum atomic E-state index is -1.66. The van der Waals surface area contributed by atoms with E-state index in [1.807, 2.05) is 12.1 Å². The number of rotatable bonds is 8. The van der Waals surface area contributed by atoms with Gasteiger partial charge in [0, 0.05) is 6.54 Å². The molecule has 1 amide bonds. The Kier molecular flexibility index (Phi) is 7.70. The molecule has 0 radical (unpaired) electrons. The summed E-state index contributed by atoms with van der Waals surface area (Å²) in [5.41, 5.74) is 6.17. The summed E-state index contributed by atoms with van der Waals surface area (Å²) in [5, 5.41) is 4.94. The Morgan fingerprint density at radius 3 is 2.48 bits per heavy atom.